The summed E-state index contributed by atoms with van der Waals surface area (Å²) < 4.78 is 1.84. The second-order valence-electron chi connectivity index (χ2n) is 6.17. The zero-order valence-corrected chi connectivity index (χ0v) is 14.7. The topological polar surface area (TPSA) is 50.2 Å². The van der Waals surface area contributed by atoms with Crippen LogP contribution in [0, 0.1) is 5.92 Å². The molecule has 0 radical (unpaired) electrons. The number of halogens is 2. The fraction of sp³-hybridized carbons (Fsp3) is 0.733. The van der Waals surface area contributed by atoms with E-state index in [2.05, 4.69) is 16.6 Å². The summed E-state index contributed by atoms with van der Waals surface area (Å²) in [6.45, 7) is 3.98. The lowest BCUT2D eigenvalue weighted by Crippen LogP contribution is -2.28. The van der Waals surface area contributed by atoms with E-state index in [1.54, 1.807) is 0 Å². The summed E-state index contributed by atoms with van der Waals surface area (Å²) in [4.78, 5) is 14.3. The Bertz CT molecular complexity index is 474. The molecule has 1 aromatic heterocycles. The zero-order chi connectivity index (χ0) is 13.9. The summed E-state index contributed by atoms with van der Waals surface area (Å²) in [5.74, 6) is 1.51. The number of rotatable bonds is 4. The van der Waals surface area contributed by atoms with Crippen molar-refractivity contribution >= 4 is 30.7 Å². The van der Waals surface area contributed by atoms with Crippen LogP contribution in [-0.4, -0.2) is 46.8 Å². The summed E-state index contributed by atoms with van der Waals surface area (Å²) in [7, 11) is 1.94. The molecular weight excluding hydrogens is 323 g/mol. The largest absolute Gasteiger partial charge is 0.342 e. The minimum Gasteiger partial charge on any atom is -0.342 e. The summed E-state index contributed by atoms with van der Waals surface area (Å²) in [5, 5.41) is 7.59. The average Bonchev–Trinajstić information content (AvgIpc) is 3.16. The van der Waals surface area contributed by atoms with E-state index in [1.807, 2.05) is 22.8 Å². The lowest BCUT2D eigenvalue weighted by atomic mass is 10.0. The molecule has 1 aromatic rings. The lowest BCUT2D eigenvalue weighted by Gasteiger charge is -2.17. The normalized spacial score (nSPS) is 24.0. The van der Waals surface area contributed by atoms with E-state index in [9.17, 15) is 4.79 Å². The fourth-order valence-corrected chi connectivity index (χ4v) is 3.36. The van der Waals surface area contributed by atoms with Crippen molar-refractivity contribution in [3.63, 3.8) is 0 Å². The highest BCUT2D eigenvalue weighted by Crippen LogP contribution is 2.27. The van der Waals surface area contributed by atoms with E-state index in [4.69, 9.17) is 0 Å². The van der Waals surface area contributed by atoms with E-state index in [-0.39, 0.29) is 24.8 Å². The van der Waals surface area contributed by atoms with Crippen LogP contribution in [0.15, 0.2) is 12.4 Å². The Morgan fingerprint density at radius 1 is 1.41 bits per heavy atom. The molecule has 0 spiro atoms. The molecule has 2 aliphatic heterocycles. The third kappa shape index (κ3) is 4.61. The summed E-state index contributed by atoms with van der Waals surface area (Å²) >= 11 is 0. The first-order chi connectivity index (χ1) is 9.72. The van der Waals surface area contributed by atoms with Crippen LogP contribution >= 0.6 is 24.8 Å². The van der Waals surface area contributed by atoms with Crippen molar-refractivity contribution in [2.75, 3.05) is 26.2 Å². The molecule has 22 heavy (non-hydrogen) atoms. The molecule has 3 rings (SSSR count). The lowest BCUT2D eigenvalue weighted by molar-refractivity contribution is -0.130. The Morgan fingerprint density at radius 3 is 2.86 bits per heavy atom. The van der Waals surface area contributed by atoms with Crippen molar-refractivity contribution in [2.45, 2.75) is 31.6 Å². The second-order valence-corrected chi connectivity index (χ2v) is 6.17. The average molecular weight is 349 g/mol. The number of hydrogen-bond donors (Lipinski definition) is 1. The molecule has 3 heterocycles. The number of nitrogens with one attached hydrogen (secondary N) is 1. The first-order valence-corrected chi connectivity index (χ1v) is 7.69. The van der Waals surface area contributed by atoms with Gasteiger partial charge in [-0.15, -0.1) is 24.8 Å². The van der Waals surface area contributed by atoms with Crippen molar-refractivity contribution in [3.05, 3.63) is 18.0 Å². The highest BCUT2D eigenvalue weighted by molar-refractivity contribution is 5.85. The maximum atomic E-state index is 12.3. The van der Waals surface area contributed by atoms with Crippen LogP contribution < -0.4 is 5.32 Å². The van der Waals surface area contributed by atoms with Gasteiger partial charge in [-0.2, -0.15) is 5.10 Å². The van der Waals surface area contributed by atoms with E-state index < -0.39 is 0 Å². The minimum absolute atomic E-state index is 0. The summed E-state index contributed by atoms with van der Waals surface area (Å²) in [6.07, 6.45) is 8.06. The number of hydrogen-bond acceptors (Lipinski definition) is 3. The number of aromatic nitrogens is 2. The Labute approximate surface area is 144 Å². The van der Waals surface area contributed by atoms with Crippen LogP contribution in [0.3, 0.4) is 0 Å². The predicted octanol–water partition coefficient (Wildman–Crippen LogP) is 1.97. The molecule has 0 aromatic carbocycles. The molecule has 126 valence electrons. The van der Waals surface area contributed by atoms with Gasteiger partial charge in [-0.25, -0.2) is 0 Å². The third-order valence-electron chi connectivity index (χ3n) is 4.67. The first-order valence-electron chi connectivity index (χ1n) is 7.69. The number of aryl methyl sites for hydroxylation is 1. The van der Waals surface area contributed by atoms with Crippen LogP contribution in [0.4, 0.5) is 0 Å². The van der Waals surface area contributed by atoms with Gasteiger partial charge in [-0.05, 0) is 43.8 Å². The molecule has 2 saturated heterocycles. The molecule has 2 aliphatic rings. The monoisotopic (exact) mass is 348 g/mol. The minimum atomic E-state index is 0. The second kappa shape index (κ2) is 8.75. The molecule has 0 aliphatic carbocycles. The van der Waals surface area contributed by atoms with Crippen molar-refractivity contribution in [2.24, 2.45) is 13.0 Å². The number of nitrogens with zero attached hydrogens (tertiary/aromatic N) is 3. The van der Waals surface area contributed by atoms with E-state index in [0.717, 1.165) is 39.0 Å². The molecule has 1 N–H and O–H groups in total. The van der Waals surface area contributed by atoms with Crippen molar-refractivity contribution in [3.8, 4) is 0 Å². The maximum Gasteiger partial charge on any atom is 0.222 e. The highest BCUT2D eigenvalue weighted by atomic mass is 35.5. The Hall–Kier alpha value is -0.780. The Balaban J connectivity index is 0.00000121. The Morgan fingerprint density at radius 2 is 2.23 bits per heavy atom. The third-order valence-corrected chi connectivity index (χ3v) is 4.67. The Kier molecular flexibility index (Phi) is 7.66. The fourth-order valence-electron chi connectivity index (χ4n) is 3.36. The number of amides is 1. The summed E-state index contributed by atoms with van der Waals surface area (Å²) in [5.41, 5.74) is 1.27. The van der Waals surface area contributed by atoms with Gasteiger partial charge < -0.3 is 10.2 Å². The molecule has 2 atom stereocenters. The van der Waals surface area contributed by atoms with Crippen LogP contribution in [0.25, 0.3) is 0 Å². The smallest absolute Gasteiger partial charge is 0.222 e. The predicted molar refractivity (Wildman–Crippen MR) is 91.9 cm³/mol. The van der Waals surface area contributed by atoms with Gasteiger partial charge in [0.1, 0.15) is 0 Å². The number of carbonyl (C=O) groups excluding carboxylic acids is 1. The highest BCUT2D eigenvalue weighted by Gasteiger charge is 2.28. The van der Waals surface area contributed by atoms with Gasteiger partial charge in [0.05, 0.1) is 6.20 Å². The van der Waals surface area contributed by atoms with E-state index in [1.165, 1.54) is 12.0 Å². The molecular formula is C15H26Cl2N4O. The number of carbonyl (C=O) groups is 1. The van der Waals surface area contributed by atoms with Crippen LogP contribution in [-0.2, 0) is 11.8 Å². The molecule has 0 bridgehead atoms. The zero-order valence-electron chi connectivity index (χ0n) is 13.0. The molecule has 2 unspecified atom stereocenters. The van der Waals surface area contributed by atoms with Gasteiger partial charge in [0.25, 0.3) is 0 Å². The molecule has 7 heteroatoms. The van der Waals surface area contributed by atoms with Crippen LogP contribution in [0.5, 0.6) is 0 Å². The standard InChI is InChI=1S/C15H24N4O.2ClH/c1-18-10-14(9-17-18)13-5-7-19(11-13)15(20)3-2-12-4-6-16-8-12;;/h9-10,12-13,16H,2-8,11H2,1H3;2*1H. The van der Waals surface area contributed by atoms with Gasteiger partial charge in [-0.1, -0.05) is 0 Å². The van der Waals surface area contributed by atoms with Crippen molar-refractivity contribution < 1.29 is 4.79 Å². The maximum absolute atomic E-state index is 12.3. The van der Waals surface area contributed by atoms with Gasteiger partial charge >= 0.3 is 0 Å². The molecule has 2 fully saturated rings. The molecule has 0 saturated carbocycles. The molecule has 1 amide bonds. The number of likely N-dealkylation sites (tertiary alicyclic amines) is 1. The van der Waals surface area contributed by atoms with Gasteiger partial charge in [-0.3, -0.25) is 9.48 Å². The quantitative estimate of drug-likeness (QED) is 0.904. The van der Waals surface area contributed by atoms with E-state index in [0.29, 0.717) is 24.2 Å². The van der Waals surface area contributed by atoms with Crippen molar-refractivity contribution in [1.82, 2.24) is 20.0 Å². The van der Waals surface area contributed by atoms with Gasteiger partial charge in [0, 0.05) is 38.7 Å². The first kappa shape index (κ1) is 19.3. The van der Waals surface area contributed by atoms with Gasteiger partial charge in [0.2, 0.25) is 5.91 Å². The van der Waals surface area contributed by atoms with Crippen molar-refractivity contribution in [1.29, 1.82) is 0 Å². The molecule has 5 nitrogen and oxygen atoms in total. The van der Waals surface area contributed by atoms with Crippen LogP contribution in [0.1, 0.15) is 37.2 Å². The summed E-state index contributed by atoms with van der Waals surface area (Å²) in [6, 6.07) is 0. The van der Waals surface area contributed by atoms with Crippen LogP contribution in [0.2, 0.25) is 0 Å². The SMILES string of the molecule is Cl.Cl.Cn1cc(C2CCN(C(=O)CCC3CCNC3)C2)cn1. The van der Waals surface area contributed by atoms with E-state index >= 15 is 0 Å². The van der Waals surface area contributed by atoms with Gasteiger partial charge in [0.15, 0.2) is 0 Å².